The Morgan fingerprint density at radius 3 is 2.73 bits per heavy atom. The molecule has 9 heteroatoms. The number of hydrogen-bond donors (Lipinski definition) is 2. The summed E-state index contributed by atoms with van der Waals surface area (Å²) in [5.74, 6) is 0.634. The van der Waals surface area contributed by atoms with Gasteiger partial charge in [0.2, 0.25) is 5.91 Å². The maximum absolute atomic E-state index is 14.0. The number of anilines is 3. The number of carbonyl (C=O) groups excluding carboxylic acids is 1. The predicted octanol–water partition coefficient (Wildman–Crippen LogP) is 3.92. The van der Waals surface area contributed by atoms with Crippen molar-refractivity contribution in [1.29, 1.82) is 0 Å². The van der Waals surface area contributed by atoms with Crippen molar-refractivity contribution in [2.45, 2.75) is 12.8 Å². The Hall–Kier alpha value is -3.75. The monoisotopic (exact) mass is 408 g/mol. The first-order valence-corrected chi connectivity index (χ1v) is 9.42. The topological polar surface area (TPSA) is 94.0 Å². The quantitative estimate of drug-likeness (QED) is 0.615. The number of nitrogens with one attached hydrogen (secondary N) is 2. The summed E-state index contributed by atoms with van der Waals surface area (Å²) in [6.45, 7) is 3.38. The minimum atomic E-state index is -0.647. The zero-order chi connectivity index (χ0) is 21.3. The number of rotatable bonds is 7. The molecule has 1 saturated carbocycles. The molecule has 0 spiro atoms. The standard InChI is InChI=1S/C21H21FN6O2/c1-12(22)15-10-23-18(26-21(29)13-7-8-13)9-17(15)25-16-6-4-5-14(19(16)30-3)20-24-11-28(2)27-20/h4-6,9-11,13H,1,7-8H2,2-3H3,(H2,23,25,26,29). The second-order valence-electron chi connectivity index (χ2n) is 7.04. The smallest absolute Gasteiger partial charge is 0.228 e. The van der Waals surface area contributed by atoms with Gasteiger partial charge < -0.3 is 15.4 Å². The van der Waals surface area contributed by atoms with Gasteiger partial charge in [0.25, 0.3) is 0 Å². The second-order valence-corrected chi connectivity index (χ2v) is 7.04. The molecule has 1 amide bonds. The Labute approximate surface area is 172 Å². The number of amides is 1. The van der Waals surface area contributed by atoms with Crippen LogP contribution in [0.5, 0.6) is 5.75 Å². The van der Waals surface area contributed by atoms with E-state index in [1.807, 2.05) is 12.1 Å². The van der Waals surface area contributed by atoms with E-state index in [0.717, 1.165) is 12.8 Å². The largest absolute Gasteiger partial charge is 0.494 e. The summed E-state index contributed by atoms with van der Waals surface area (Å²) in [5, 5.41) is 10.3. The molecular formula is C21H21FN6O2. The number of hydrogen-bond acceptors (Lipinski definition) is 6. The minimum Gasteiger partial charge on any atom is -0.494 e. The van der Waals surface area contributed by atoms with Crippen molar-refractivity contribution in [2.75, 3.05) is 17.7 Å². The summed E-state index contributed by atoms with van der Waals surface area (Å²) in [5.41, 5.74) is 1.84. The van der Waals surface area contributed by atoms with Crippen molar-refractivity contribution in [3.8, 4) is 17.1 Å². The van der Waals surface area contributed by atoms with Gasteiger partial charge in [-0.25, -0.2) is 14.4 Å². The number of para-hydroxylation sites is 1. The van der Waals surface area contributed by atoms with Gasteiger partial charge in [-0.05, 0) is 25.0 Å². The highest BCUT2D eigenvalue weighted by atomic mass is 19.1. The maximum Gasteiger partial charge on any atom is 0.228 e. The van der Waals surface area contributed by atoms with Crippen molar-refractivity contribution in [1.82, 2.24) is 19.7 Å². The number of methoxy groups -OCH3 is 1. The highest BCUT2D eigenvalue weighted by Gasteiger charge is 2.30. The average molecular weight is 408 g/mol. The van der Waals surface area contributed by atoms with Gasteiger partial charge in [0.1, 0.15) is 18.0 Å². The zero-order valence-electron chi connectivity index (χ0n) is 16.6. The van der Waals surface area contributed by atoms with E-state index in [4.69, 9.17) is 4.74 Å². The lowest BCUT2D eigenvalue weighted by Gasteiger charge is -2.16. The third-order valence-corrected chi connectivity index (χ3v) is 4.72. The molecule has 0 atom stereocenters. The lowest BCUT2D eigenvalue weighted by molar-refractivity contribution is -0.117. The Kier molecular flexibility index (Phi) is 5.18. The van der Waals surface area contributed by atoms with Crippen LogP contribution in [0.15, 0.2) is 43.4 Å². The first kappa shape index (κ1) is 19.6. The molecule has 2 heterocycles. The number of halogens is 1. The highest BCUT2D eigenvalue weighted by Crippen LogP contribution is 2.38. The van der Waals surface area contributed by atoms with Gasteiger partial charge >= 0.3 is 0 Å². The zero-order valence-corrected chi connectivity index (χ0v) is 16.6. The Morgan fingerprint density at radius 2 is 2.10 bits per heavy atom. The summed E-state index contributed by atoms with van der Waals surface area (Å²) in [7, 11) is 3.31. The fraction of sp³-hybridized carbons (Fsp3) is 0.238. The lowest BCUT2D eigenvalue weighted by Crippen LogP contribution is -2.14. The van der Waals surface area contributed by atoms with Crippen LogP contribution in [0.3, 0.4) is 0 Å². The molecule has 0 aliphatic heterocycles. The van der Waals surface area contributed by atoms with Crippen LogP contribution < -0.4 is 15.4 Å². The van der Waals surface area contributed by atoms with Crippen LogP contribution in [0.2, 0.25) is 0 Å². The van der Waals surface area contributed by atoms with E-state index in [1.54, 1.807) is 30.2 Å². The average Bonchev–Trinajstić information content (AvgIpc) is 3.49. The molecule has 30 heavy (non-hydrogen) atoms. The van der Waals surface area contributed by atoms with Crippen LogP contribution in [0.25, 0.3) is 17.2 Å². The van der Waals surface area contributed by atoms with E-state index >= 15 is 0 Å². The third-order valence-electron chi connectivity index (χ3n) is 4.72. The molecule has 0 radical (unpaired) electrons. The molecular weight excluding hydrogens is 387 g/mol. The number of nitrogens with zero attached hydrogens (tertiary/aromatic N) is 4. The van der Waals surface area contributed by atoms with Gasteiger partial charge in [0, 0.05) is 25.2 Å². The molecule has 8 nitrogen and oxygen atoms in total. The summed E-state index contributed by atoms with van der Waals surface area (Å²) in [4.78, 5) is 20.5. The van der Waals surface area contributed by atoms with E-state index in [9.17, 15) is 9.18 Å². The molecule has 1 aliphatic carbocycles. The number of aryl methyl sites for hydroxylation is 1. The Morgan fingerprint density at radius 1 is 1.30 bits per heavy atom. The molecule has 2 aromatic heterocycles. The van der Waals surface area contributed by atoms with E-state index in [-0.39, 0.29) is 17.4 Å². The normalized spacial score (nSPS) is 13.0. The lowest BCUT2D eigenvalue weighted by atomic mass is 10.1. The van der Waals surface area contributed by atoms with Crippen LogP contribution in [0, 0.1) is 5.92 Å². The highest BCUT2D eigenvalue weighted by molar-refractivity contribution is 5.94. The number of benzene rings is 1. The van der Waals surface area contributed by atoms with Gasteiger partial charge in [-0.15, -0.1) is 0 Å². The SMILES string of the molecule is C=C(F)c1cnc(NC(=O)C2CC2)cc1Nc1cccc(-c2ncn(C)n2)c1OC. The second kappa shape index (κ2) is 7.94. The Bertz CT molecular complexity index is 1120. The molecule has 1 aromatic carbocycles. The summed E-state index contributed by atoms with van der Waals surface area (Å²) < 4.78 is 21.2. The molecule has 3 aromatic rings. The van der Waals surface area contributed by atoms with Crippen molar-refractivity contribution in [3.63, 3.8) is 0 Å². The van der Waals surface area contributed by atoms with Crippen molar-refractivity contribution in [2.24, 2.45) is 13.0 Å². The van der Waals surface area contributed by atoms with Crippen LogP contribution in [0.1, 0.15) is 18.4 Å². The van der Waals surface area contributed by atoms with E-state index in [2.05, 4.69) is 32.3 Å². The van der Waals surface area contributed by atoms with Crippen molar-refractivity contribution >= 4 is 28.9 Å². The van der Waals surface area contributed by atoms with Gasteiger partial charge in [-0.1, -0.05) is 12.6 Å². The van der Waals surface area contributed by atoms with Crippen molar-refractivity contribution < 1.29 is 13.9 Å². The number of aromatic nitrogens is 4. The van der Waals surface area contributed by atoms with Gasteiger partial charge in [0.05, 0.1) is 29.6 Å². The van der Waals surface area contributed by atoms with Crippen LogP contribution in [-0.2, 0) is 11.8 Å². The predicted molar refractivity (Wildman–Crippen MR) is 112 cm³/mol. The molecule has 0 bridgehead atoms. The summed E-state index contributed by atoms with van der Waals surface area (Å²) in [6, 6.07) is 7.02. The maximum atomic E-state index is 14.0. The molecule has 1 fully saturated rings. The number of ether oxygens (including phenoxy) is 1. The molecule has 0 unspecified atom stereocenters. The van der Waals surface area contributed by atoms with Crippen molar-refractivity contribution in [3.05, 3.63) is 48.9 Å². The molecule has 2 N–H and O–H groups in total. The first-order chi connectivity index (χ1) is 14.5. The van der Waals surface area contributed by atoms with Gasteiger partial charge in [0.15, 0.2) is 11.6 Å². The fourth-order valence-corrected chi connectivity index (χ4v) is 3.06. The van der Waals surface area contributed by atoms with Gasteiger partial charge in [-0.2, -0.15) is 5.10 Å². The number of pyridine rings is 1. The molecule has 1 aliphatic rings. The summed E-state index contributed by atoms with van der Waals surface area (Å²) in [6.07, 6.45) is 4.69. The Balaban J connectivity index is 1.70. The molecule has 0 saturated heterocycles. The fourth-order valence-electron chi connectivity index (χ4n) is 3.06. The molecule has 4 rings (SSSR count). The minimum absolute atomic E-state index is 0.0293. The summed E-state index contributed by atoms with van der Waals surface area (Å²) >= 11 is 0. The van der Waals surface area contributed by atoms with Gasteiger partial charge in [-0.3, -0.25) is 9.48 Å². The van der Waals surface area contributed by atoms with Crippen LogP contribution >= 0.6 is 0 Å². The first-order valence-electron chi connectivity index (χ1n) is 9.42. The van der Waals surface area contributed by atoms with Crippen LogP contribution in [-0.4, -0.2) is 32.8 Å². The van der Waals surface area contributed by atoms with E-state index in [1.165, 1.54) is 13.3 Å². The van der Waals surface area contributed by atoms with Crippen LogP contribution in [0.4, 0.5) is 21.6 Å². The molecule has 154 valence electrons. The van der Waals surface area contributed by atoms with E-state index < -0.39 is 5.83 Å². The van der Waals surface area contributed by atoms with E-state index in [0.29, 0.717) is 34.3 Å². The number of carbonyl (C=O) groups is 1. The third kappa shape index (κ3) is 4.00.